The largest absolute Gasteiger partial charge is 0.0883 e. The first-order valence-electron chi connectivity index (χ1n) is 4.27. The van der Waals surface area contributed by atoms with Crippen molar-refractivity contribution in [2.24, 2.45) is 5.92 Å². The number of allylic oxidation sites excluding steroid dienone is 2. The van der Waals surface area contributed by atoms with Gasteiger partial charge in [0.25, 0.3) is 0 Å². The highest BCUT2D eigenvalue weighted by atomic mass is 14.0. The Morgan fingerprint density at radius 2 is 2.20 bits per heavy atom. The van der Waals surface area contributed by atoms with Crippen LogP contribution >= 0.6 is 0 Å². The fourth-order valence-electron chi connectivity index (χ4n) is 0.998. The molecule has 10 heavy (non-hydrogen) atoms. The predicted molar refractivity (Wildman–Crippen MR) is 47.8 cm³/mol. The van der Waals surface area contributed by atoms with Gasteiger partial charge in [-0.3, -0.25) is 0 Å². The Balaban J connectivity index is 3.26. The minimum Gasteiger partial charge on any atom is -0.0883 e. The predicted octanol–water partition coefficient (Wildman–Crippen LogP) is 3.59. The molecular weight excluding hydrogens is 120 g/mol. The van der Waals surface area contributed by atoms with Crippen LogP contribution in [0.5, 0.6) is 0 Å². The van der Waals surface area contributed by atoms with E-state index in [4.69, 9.17) is 0 Å². The number of hydrogen-bond acceptors (Lipinski definition) is 0. The molecule has 0 N–H and O–H groups in total. The van der Waals surface area contributed by atoms with Crippen molar-refractivity contribution in [1.29, 1.82) is 0 Å². The van der Waals surface area contributed by atoms with E-state index in [1.165, 1.54) is 12.8 Å². The van der Waals surface area contributed by atoms with Gasteiger partial charge in [0, 0.05) is 0 Å². The molecule has 0 spiro atoms. The third-order valence-electron chi connectivity index (χ3n) is 1.58. The summed E-state index contributed by atoms with van der Waals surface area (Å²) in [7, 11) is 0. The monoisotopic (exact) mass is 139 g/mol. The molecular formula is C10H19. The Kier molecular flexibility index (Phi) is 6.68. The molecule has 0 rings (SSSR count). The van der Waals surface area contributed by atoms with Gasteiger partial charge in [-0.1, -0.05) is 39.3 Å². The Morgan fingerprint density at radius 1 is 1.50 bits per heavy atom. The van der Waals surface area contributed by atoms with Gasteiger partial charge < -0.3 is 0 Å². The second-order valence-electron chi connectivity index (χ2n) is 2.84. The van der Waals surface area contributed by atoms with Crippen LogP contribution in [0.1, 0.15) is 39.5 Å². The quantitative estimate of drug-likeness (QED) is 0.510. The zero-order valence-corrected chi connectivity index (χ0v) is 7.27. The standard InChI is InChI=1S/C10H19/c1-4-6-7-9-10(3)8-5-2/h7,9-10H,1,4-6,8H2,2-3H3. The molecule has 0 aliphatic heterocycles. The van der Waals surface area contributed by atoms with Crippen molar-refractivity contribution in [1.82, 2.24) is 0 Å². The van der Waals surface area contributed by atoms with Crippen LogP contribution in [0.25, 0.3) is 0 Å². The molecule has 0 fully saturated rings. The van der Waals surface area contributed by atoms with Crippen molar-refractivity contribution < 1.29 is 0 Å². The van der Waals surface area contributed by atoms with Crippen LogP contribution in [-0.2, 0) is 0 Å². The molecule has 0 aromatic carbocycles. The summed E-state index contributed by atoms with van der Waals surface area (Å²) in [5, 5.41) is 0. The molecule has 0 aromatic heterocycles. The van der Waals surface area contributed by atoms with Gasteiger partial charge in [0.15, 0.2) is 0 Å². The van der Waals surface area contributed by atoms with Gasteiger partial charge in [0.05, 0.1) is 0 Å². The van der Waals surface area contributed by atoms with Crippen molar-refractivity contribution >= 4 is 0 Å². The van der Waals surface area contributed by atoms with Gasteiger partial charge in [0.1, 0.15) is 0 Å². The lowest BCUT2D eigenvalue weighted by atomic mass is 10.1. The minimum absolute atomic E-state index is 0.761. The molecule has 0 aliphatic carbocycles. The van der Waals surface area contributed by atoms with E-state index in [0.29, 0.717) is 0 Å². The smallest absolute Gasteiger partial charge is 0.0262 e. The van der Waals surface area contributed by atoms with Crippen LogP contribution in [0.3, 0.4) is 0 Å². The summed E-state index contributed by atoms with van der Waals surface area (Å²) >= 11 is 0. The molecule has 0 aromatic rings. The summed E-state index contributed by atoms with van der Waals surface area (Å²) in [6.07, 6.45) is 9.30. The Bertz CT molecular complexity index is 82.0. The van der Waals surface area contributed by atoms with Gasteiger partial charge in [-0.05, 0) is 25.2 Å². The number of rotatable bonds is 5. The molecule has 0 nitrogen and oxygen atoms in total. The topological polar surface area (TPSA) is 0 Å². The zero-order chi connectivity index (χ0) is 7.82. The molecule has 0 saturated carbocycles. The van der Waals surface area contributed by atoms with E-state index >= 15 is 0 Å². The van der Waals surface area contributed by atoms with Crippen molar-refractivity contribution in [2.75, 3.05) is 0 Å². The highest BCUT2D eigenvalue weighted by Crippen LogP contribution is 2.06. The number of unbranched alkanes of at least 4 members (excludes halogenated alkanes) is 1. The summed E-state index contributed by atoms with van der Waals surface area (Å²) in [5.74, 6) is 0.761. The fraction of sp³-hybridized carbons (Fsp3) is 0.700. The first-order valence-corrected chi connectivity index (χ1v) is 4.27. The van der Waals surface area contributed by atoms with Crippen LogP contribution in [0, 0.1) is 12.8 Å². The Labute approximate surface area is 65.3 Å². The van der Waals surface area contributed by atoms with Gasteiger partial charge >= 0.3 is 0 Å². The SMILES string of the molecule is [CH2]CCC=CC(C)CCC. The van der Waals surface area contributed by atoms with Crippen LogP contribution in [0.4, 0.5) is 0 Å². The minimum atomic E-state index is 0.761. The maximum Gasteiger partial charge on any atom is -0.0262 e. The first-order chi connectivity index (χ1) is 4.81. The first kappa shape index (κ1) is 9.74. The van der Waals surface area contributed by atoms with Gasteiger partial charge in [-0.25, -0.2) is 0 Å². The maximum atomic E-state index is 3.78. The molecule has 0 heteroatoms. The highest BCUT2D eigenvalue weighted by Gasteiger charge is 1.91. The second kappa shape index (κ2) is 6.85. The van der Waals surface area contributed by atoms with Gasteiger partial charge in [-0.15, -0.1) is 0 Å². The average Bonchev–Trinajstić information content (AvgIpc) is 1.89. The lowest BCUT2D eigenvalue weighted by Gasteiger charge is -2.01. The Morgan fingerprint density at radius 3 is 2.70 bits per heavy atom. The van der Waals surface area contributed by atoms with Crippen molar-refractivity contribution in [3.8, 4) is 0 Å². The van der Waals surface area contributed by atoms with E-state index < -0.39 is 0 Å². The van der Waals surface area contributed by atoms with E-state index in [1.54, 1.807) is 0 Å². The molecule has 0 saturated heterocycles. The second-order valence-corrected chi connectivity index (χ2v) is 2.84. The molecule has 0 bridgehead atoms. The van der Waals surface area contributed by atoms with Crippen LogP contribution < -0.4 is 0 Å². The van der Waals surface area contributed by atoms with E-state index in [1.807, 2.05) is 0 Å². The lowest BCUT2D eigenvalue weighted by molar-refractivity contribution is 0.632. The molecule has 1 unspecified atom stereocenters. The van der Waals surface area contributed by atoms with Crippen molar-refractivity contribution in [3.05, 3.63) is 19.1 Å². The van der Waals surface area contributed by atoms with E-state index in [-0.39, 0.29) is 0 Å². The lowest BCUT2D eigenvalue weighted by Crippen LogP contribution is -1.86. The molecule has 0 amide bonds. The zero-order valence-electron chi connectivity index (χ0n) is 7.27. The maximum absolute atomic E-state index is 3.78. The normalized spacial score (nSPS) is 14.3. The Hall–Kier alpha value is -0.260. The van der Waals surface area contributed by atoms with E-state index in [2.05, 4.69) is 32.9 Å². The molecule has 0 heterocycles. The number of hydrogen-bond donors (Lipinski definition) is 0. The summed E-state index contributed by atoms with van der Waals surface area (Å²) in [4.78, 5) is 0. The highest BCUT2D eigenvalue weighted by molar-refractivity contribution is 4.86. The van der Waals surface area contributed by atoms with Crippen LogP contribution in [0.15, 0.2) is 12.2 Å². The molecule has 0 aliphatic rings. The van der Waals surface area contributed by atoms with Gasteiger partial charge in [-0.2, -0.15) is 0 Å². The third kappa shape index (κ3) is 5.87. The summed E-state index contributed by atoms with van der Waals surface area (Å²) in [6, 6.07) is 0. The van der Waals surface area contributed by atoms with Crippen molar-refractivity contribution in [2.45, 2.75) is 39.5 Å². The van der Waals surface area contributed by atoms with Crippen molar-refractivity contribution in [3.63, 3.8) is 0 Å². The summed E-state index contributed by atoms with van der Waals surface area (Å²) in [6.45, 7) is 8.27. The third-order valence-corrected chi connectivity index (χ3v) is 1.58. The summed E-state index contributed by atoms with van der Waals surface area (Å²) < 4.78 is 0. The average molecular weight is 139 g/mol. The fourth-order valence-corrected chi connectivity index (χ4v) is 0.998. The van der Waals surface area contributed by atoms with Crippen LogP contribution in [0.2, 0.25) is 0 Å². The van der Waals surface area contributed by atoms with Crippen LogP contribution in [-0.4, -0.2) is 0 Å². The molecule has 1 atom stereocenters. The van der Waals surface area contributed by atoms with E-state index in [0.717, 1.165) is 18.8 Å². The van der Waals surface area contributed by atoms with E-state index in [9.17, 15) is 0 Å². The summed E-state index contributed by atoms with van der Waals surface area (Å²) in [5.41, 5.74) is 0. The van der Waals surface area contributed by atoms with Gasteiger partial charge in [0.2, 0.25) is 0 Å². The molecule has 1 radical (unpaired) electrons. The molecule has 59 valence electrons.